The minimum Gasteiger partial charge on any atom is -0.378 e. The largest absolute Gasteiger partial charge is 0.378 e. The Hall–Kier alpha value is -1.36. The third-order valence-electron chi connectivity index (χ3n) is 3.44. The zero-order valence-corrected chi connectivity index (χ0v) is 12.3. The van der Waals surface area contributed by atoms with E-state index in [1.165, 1.54) is 0 Å². The fraction of sp³-hybridized carbons (Fsp3) is 0.714. The molecule has 0 aromatic carbocycles. The maximum absolute atomic E-state index is 5.58. The molecule has 2 rings (SSSR count). The molecule has 1 heterocycles. The molecule has 106 valence electrons. The van der Waals surface area contributed by atoms with Gasteiger partial charge in [0.15, 0.2) is 0 Å². The molecule has 0 atom stereocenters. The Kier molecular flexibility index (Phi) is 4.58. The van der Waals surface area contributed by atoms with Crippen molar-refractivity contribution in [2.45, 2.75) is 52.7 Å². The molecule has 1 aromatic rings. The lowest BCUT2D eigenvalue weighted by atomic mass is 9.89. The van der Waals surface area contributed by atoms with Crippen molar-refractivity contribution >= 4 is 11.6 Å². The molecule has 0 spiro atoms. The Labute approximate surface area is 115 Å². The van der Waals surface area contributed by atoms with Gasteiger partial charge in [-0.05, 0) is 40.5 Å². The fourth-order valence-electron chi connectivity index (χ4n) is 2.36. The van der Waals surface area contributed by atoms with Crippen LogP contribution in [-0.4, -0.2) is 35.3 Å². The van der Waals surface area contributed by atoms with Crippen LogP contribution in [0.4, 0.5) is 11.6 Å². The van der Waals surface area contributed by atoms with Crippen LogP contribution in [0.3, 0.4) is 0 Å². The second-order valence-electron chi connectivity index (χ2n) is 5.01. The van der Waals surface area contributed by atoms with Crippen molar-refractivity contribution < 1.29 is 4.74 Å². The van der Waals surface area contributed by atoms with Crippen molar-refractivity contribution in [2.75, 3.05) is 23.8 Å². The topological polar surface area (TPSA) is 59.1 Å². The highest BCUT2D eigenvalue weighted by molar-refractivity contribution is 5.57. The van der Waals surface area contributed by atoms with Crippen molar-refractivity contribution in [2.24, 2.45) is 0 Å². The van der Waals surface area contributed by atoms with E-state index in [1.54, 1.807) is 0 Å². The van der Waals surface area contributed by atoms with E-state index in [4.69, 9.17) is 4.74 Å². The molecule has 0 unspecified atom stereocenters. The van der Waals surface area contributed by atoms with Gasteiger partial charge in [0.25, 0.3) is 0 Å². The first-order valence-corrected chi connectivity index (χ1v) is 7.11. The monoisotopic (exact) mass is 264 g/mol. The Morgan fingerprint density at radius 3 is 2.47 bits per heavy atom. The van der Waals surface area contributed by atoms with Gasteiger partial charge >= 0.3 is 0 Å². The molecular weight excluding hydrogens is 240 g/mol. The summed E-state index contributed by atoms with van der Waals surface area (Å²) < 4.78 is 5.58. The number of ether oxygens (including phenoxy) is 1. The second-order valence-corrected chi connectivity index (χ2v) is 5.01. The van der Waals surface area contributed by atoms with Crippen LogP contribution in [0.1, 0.15) is 38.1 Å². The molecule has 1 aromatic heterocycles. The first-order valence-electron chi connectivity index (χ1n) is 7.11. The van der Waals surface area contributed by atoms with Crippen LogP contribution in [0.5, 0.6) is 0 Å². The smallest absolute Gasteiger partial charge is 0.134 e. The summed E-state index contributed by atoms with van der Waals surface area (Å²) in [5.41, 5.74) is 1.09. The minimum absolute atomic E-state index is 0.416. The lowest BCUT2D eigenvalue weighted by Crippen LogP contribution is -2.41. The maximum atomic E-state index is 5.58. The quantitative estimate of drug-likeness (QED) is 0.826. The molecule has 0 amide bonds. The minimum atomic E-state index is 0.416. The number of anilines is 2. The molecule has 5 nitrogen and oxygen atoms in total. The zero-order valence-electron chi connectivity index (χ0n) is 12.3. The van der Waals surface area contributed by atoms with Gasteiger partial charge in [-0.15, -0.1) is 0 Å². The van der Waals surface area contributed by atoms with E-state index in [9.17, 15) is 0 Å². The Morgan fingerprint density at radius 1 is 1.16 bits per heavy atom. The molecule has 2 N–H and O–H groups in total. The van der Waals surface area contributed by atoms with Crippen molar-refractivity contribution in [3.63, 3.8) is 0 Å². The van der Waals surface area contributed by atoms with E-state index in [-0.39, 0.29) is 0 Å². The lowest BCUT2D eigenvalue weighted by Gasteiger charge is -2.36. The van der Waals surface area contributed by atoms with Crippen LogP contribution in [-0.2, 0) is 4.74 Å². The highest BCUT2D eigenvalue weighted by Gasteiger charge is 2.30. The third kappa shape index (κ3) is 3.35. The predicted molar refractivity (Wildman–Crippen MR) is 77.7 cm³/mol. The van der Waals surface area contributed by atoms with E-state index in [1.807, 2.05) is 13.8 Å². The van der Waals surface area contributed by atoms with Gasteiger partial charge in [0.05, 0.1) is 6.10 Å². The van der Waals surface area contributed by atoms with E-state index in [0.717, 1.165) is 49.0 Å². The molecule has 1 saturated carbocycles. The van der Waals surface area contributed by atoms with Gasteiger partial charge in [0.2, 0.25) is 0 Å². The summed E-state index contributed by atoms with van der Waals surface area (Å²) in [5, 5.41) is 6.78. The van der Waals surface area contributed by atoms with Crippen LogP contribution in [0.2, 0.25) is 0 Å². The number of aryl methyl sites for hydroxylation is 1. The highest BCUT2D eigenvalue weighted by Crippen LogP contribution is 2.28. The van der Waals surface area contributed by atoms with E-state index in [0.29, 0.717) is 12.1 Å². The summed E-state index contributed by atoms with van der Waals surface area (Å²) in [6, 6.07) is 0.471. The number of rotatable bonds is 6. The summed E-state index contributed by atoms with van der Waals surface area (Å²) in [6.07, 6.45) is 2.54. The first kappa shape index (κ1) is 14.1. The predicted octanol–water partition coefficient (Wildman–Crippen LogP) is 2.50. The van der Waals surface area contributed by atoms with Gasteiger partial charge in [-0.2, -0.15) is 0 Å². The maximum Gasteiger partial charge on any atom is 0.134 e. The van der Waals surface area contributed by atoms with Crippen LogP contribution in [0, 0.1) is 13.8 Å². The standard InChI is InChI=1S/C14H24N4O/c1-5-15-13-9(3)14(17-10(4)16-13)18-11-7-12(8-11)19-6-2/h11-12H,5-8H2,1-4H3,(H2,15,16,17,18). The number of aromatic nitrogens is 2. The summed E-state index contributed by atoms with van der Waals surface area (Å²) in [7, 11) is 0. The van der Waals surface area contributed by atoms with E-state index >= 15 is 0 Å². The van der Waals surface area contributed by atoms with Gasteiger partial charge in [-0.1, -0.05) is 0 Å². The molecule has 5 heteroatoms. The summed E-state index contributed by atoms with van der Waals surface area (Å²) in [4.78, 5) is 8.94. The van der Waals surface area contributed by atoms with Crippen LogP contribution in [0.15, 0.2) is 0 Å². The molecule has 0 bridgehead atoms. The number of hydrogen-bond donors (Lipinski definition) is 2. The first-order chi connectivity index (χ1) is 9.13. The molecule has 0 radical (unpaired) electrons. The number of hydrogen-bond acceptors (Lipinski definition) is 5. The molecule has 0 saturated heterocycles. The van der Waals surface area contributed by atoms with Gasteiger partial charge < -0.3 is 15.4 Å². The van der Waals surface area contributed by atoms with Gasteiger partial charge in [0, 0.05) is 24.8 Å². The zero-order chi connectivity index (χ0) is 13.8. The van der Waals surface area contributed by atoms with Crippen molar-refractivity contribution in [3.05, 3.63) is 11.4 Å². The fourth-order valence-corrected chi connectivity index (χ4v) is 2.36. The van der Waals surface area contributed by atoms with Crippen molar-refractivity contribution in [1.82, 2.24) is 9.97 Å². The highest BCUT2D eigenvalue weighted by atomic mass is 16.5. The summed E-state index contributed by atoms with van der Waals surface area (Å²) >= 11 is 0. The number of nitrogens with zero attached hydrogens (tertiary/aromatic N) is 2. The normalized spacial score (nSPS) is 21.9. The molecular formula is C14H24N4O. The van der Waals surface area contributed by atoms with Crippen molar-refractivity contribution in [1.29, 1.82) is 0 Å². The molecule has 19 heavy (non-hydrogen) atoms. The van der Waals surface area contributed by atoms with E-state index < -0.39 is 0 Å². The van der Waals surface area contributed by atoms with Crippen molar-refractivity contribution in [3.8, 4) is 0 Å². The Morgan fingerprint density at radius 2 is 1.84 bits per heavy atom. The SMILES string of the molecule is CCNc1nc(C)nc(NC2CC(OCC)C2)c1C. The van der Waals surface area contributed by atoms with Gasteiger partial charge in [-0.3, -0.25) is 0 Å². The number of nitrogens with one attached hydrogen (secondary N) is 2. The summed E-state index contributed by atoms with van der Waals surface area (Å²) in [5.74, 6) is 2.67. The average Bonchev–Trinajstić information content (AvgIpc) is 2.32. The van der Waals surface area contributed by atoms with E-state index in [2.05, 4.69) is 34.4 Å². The van der Waals surface area contributed by atoms with Crippen LogP contribution in [0.25, 0.3) is 0 Å². The van der Waals surface area contributed by atoms with Crippen LogP contribution >= 0.6 is 0 Å². The molecule has 1 fully saturated rings. The third-order valence-corrected chi connectivity index (χ3v) is 3.44. The molecule has 1 aliphatic rings. The summed E-state index contributed by atoms with van der Waals surface area (Å²) in [6.45, 7) is 9.76. The van der Waals surface area contributed by atoms with Gasteiger partial charge in [-0.25, -0.2) is 9.97 Å². The average molecular weight is 264 g/mol. The lowest BCUT2D eigenvalue weighted by molar-refractivity contribution is 0.00291. The Bertz CT molecular complexity index is 430. The van der Waals surface area contributed by atoms with Crippen LogP contribution < -0.4 is 10.6 Å². The second kappa shape index (κ2) is 6.19. The molecule has 0 aliphatic heterocycles. The molecule has 1 aliphatic carbocycles. The van der Waals surface area contributed by atoms with Gasteiger partial charge in [0.1, 0.15) is 17.5 Å². The Balaban J connectivity index is 2.00.